The molecule has 1 amide bonds. The molecule has 1 atom stereocenters. The van der Waals surface area contributed by atoms with E-state index in [9.17, 15) is 4.79 Å². The molecule has 1 aromatic heterocycles. The Bertz CT molecular complexity index is 494. The first-order chi connectivity index (χ1) is 10.3. The molecular weight excluding hydrogens is 280 g/mol. The molecular formula is C17H26N2O3. The highest BCUT2D eigenvalue weighted by atomic mass is 16.6. The zero-order valence-corrected chi connectivity index (χ0v) is 14.0. The minimum absolute atomic E-state index is 0.228. The summed E-state index contributed by atoms with van der Waals surface area (Å²) in [6.45, 7) is 9.67. The summed E-state index contributed by atoms with van der Waals surface area (Å²) in [6, 6.07) is 3.86. The van der Waals surface area contributed by atoms with Gasteiger partial charge in [-0.2, -0.15) is 0 Å². The highest BCUT2D eigenvalue weighted by Gasteiger charge is 2.27. The molecule has 0 aromatic carbocycles. The molecule has 1 fully saturated rings. The molecule has 5 heteroatoms. The van der Waals surface area contributed by atoms with Crippen molar-refractivity contribution in [1.29, 1.82) is 0 Å². The Morgan fingerprint density at radius 3 is 2.82 bits per heavy atom. The number of carbonyl (C=O) groups is 1. The highest BCUT2D eigenvalue weighted by molar-refractivity contribution is 5.68. The van der Waals surface area contributed by atoms with Crippen molar-refractivity contribution in [1.82, 2.24) is 9.88 Å². The van der Waals surface area contributed by atoms with Crippen LogP contribution in [0.2, 0.25) is 0 Å². The predicted molar refractivity (Wildman–Crippen MR) is 85.0 cm³/mol. The lowest BCUT2D eigenvalue weighted by Gasteiger charge is -2.34. The third-order valence-corrected chi connectivity index (χ3v) is 3.54. The highest BCUT2D eigenvalue weighted by Crippen LogP contribution is 2.20. The first-order valence-corrected chi connectivity index (χ1v) is 7.87. The van der Waals surface area contributed by atoms with E-state index in [2.05, 4.69) is 4.98 Å². The number of aryl methyl sites for hydroxylation is 1. The maximum Gasteiger partial charge on any atom is 0.410 e. The lowest BCUT2D eigenvalue weighted by molar-refractivity contribution is 0.0139. The van der Waals surface area contributed by atoms with Crippen LogP contribution >= 0.6 is 0 Å². The quantitative estimate of drug-likeness (QED) is 0.858. The van der Waals surface area contributed by atoms with Gasteiger partial charge in [0.2, 0.25) is 0 Å². The van der Waals surface area contributed by atoms with Crippen LogP contribution in [0.1, 0.15) is 39.3 Å². The van der Waals surface area contributed by atoms with Gasteiger partial charge in [0, 0.05) is 24.7 Å². The molecule has 0 bridgehead atoms. The van der Waals surface area contributed by atoms with Crippen molar-refractivity contribution in [2.24, 2.45) is 5.92 Å². The average molecular weight is 306 g/mol. The minimum atomic E-state index is -0.450. The van der Waals surface area contributed by atoms with E-state index in [1.165, 1.54) is 0 Å². The van der Waals surface area contributed by atoms with Crippen molar-refractivity contribution >= 4 is 6.09 Å². The van der Waals surface area contributed by atoms with Crippen molar-refractivity contribution < 1.29 is 14.3 Å². The second kappa shape index (κ2) is 6.99. The van der Waals surface area contributed by atoms with Gasteiger partial charge in [-0.05, 0) is 52.7 Å². The summed E-state index contributed by atoms with van der Waals surface area (Å²) >= 11 is 0. The summed E-state index contributed by atoms with van der Waals surface area (Å²) in [5.41, 5.74) is 0.523. The number of pyridine rings is 1. The molecule has 0 saturated carbocycles. The number of carbonyl (C=O) groups excluding carboxylic acids is 1. The summed E-state index contributed by atoms with van der Waals surface area (Å²) in [4.78, 5) is 18.1. The second-order valence-corrected chi connectivity index (χ2v) is 6.88. The molecule has 22 heavy (non-hydrogen) atoms. The number of hydrogen-bond acceptors (Lipinski definition) is 4. The van der Waals surface area contributed by atoms with Crippen molar-refractivity contribution in [2.45, 2.75) is 46.1 Å². The van der Waals surface area contributed by atoms with Crippen LogP contribution in [0.15, 0.2) is 18.3 Å². The van der Waals surface area contributed by atoms with Crippen molar-refractivity contribution in [3.05, 3.63) is 24.0 Å². The largest absolute Gasteiger partial charge is 0.492 e. The smallest absolute Gasteiger partial charge is 0.410 e. The molecule has 5 nitrogen and oxygen atoms in total. The number of rotatable bonds is 3. The van der Waals surface area contributed by atoms with Crippen molar-refractivity contribution in [2.75, 3.05) is 19.7 Å². The topological polar surface area (TPSA) is 51.7 Å². The van der Waals surface area contributed by atoms with Gasteiger partial charge in [0.1, 0.15) is 11.4 Å². The molecule has 0 aliphatic carbocycles. The Morgan fingerprint density at radius 1 is 1.41 bits per heavy atom. The number of hydrogen-bond donors (Lipinski definition) is 0. The van der Waals surface area contributed by atoms with Crippen LogP contribution in [0, 0.1) is 12.8 Å². The number of amides is 1. The Hall–Kier alpha value is -1.78. The van der Waals surface area contributed by atoms with Gasteiger partial charge >= 0.3 is 6.09 Å². The summed E-state index contributed by atoms with van der Waals surface area (Å²) in [5.74, 6) is 1.11. The average Bonchev–Trinajstić information content (AvgIpc) is 2.45. The van der Waals surface area contributed by atoms with Gasteiger partial charge in [-0.3, -0.25) is 4.98 Å². The molecule has 122 valence electrons. The molecule has 1 saturated heterocycles. The summed E-state index contributed by atoms with van der Waals surface area (Å²) in [5, 5.41) is 0. The number of nitrogens with zero attached hydrogens (tertiary/aromatic N) is 2. The standard InChI is InChI=1S/C17H26N2O3/c1-13-7-8-15(10-18-13)21-12-14-6-5-9-19(11-14)16(20)22-17(2,3)4/h7-8,10,14H,5-6,9,11-12H2,1-4H3/t14-/m0/s1. The molecule has 0 radical (unpaired) electrons. The third-order valence-electron chi connectivity index (χ3n) is 3.54. The molecule has 1 aromatic rings. The second-order valence-electron chi connectivity index (χ2n) is 6.88. The molecule has 0 N–H and O–H groups in total. The van der Waals surface area contributed by atoms with E-state index in [0.29, 0.717) is 19.1 Å². The number of ether oxygens (including phenoxy) is 2. The van der Waals surface area contributed by atoms with E-state index >= 15 is 0 Å². The van der Waals surface area contributed by atoms with Gasteiger partial charge in [-0.1, -0.05) is 0 Å². The van der Waals surface area contributed by atoms with Crippen LogP contribution in [0.5, 0.6) is 5.75 Å². The molecule has 2 rings (SSSR count). The van der Waals surface area contributed by atoms with Crippen LogP contribution < -0.4 is 4.74 Å². The van der Waals surface area contributed by atoms with E-state index in [-0.39, 0.29) is 6.09 Å². The van der Waals surface area contributed by atoms with E-state index in [0.717, 1.165) is 30.8 Å². The van der Waals surface area contributed by atoms with E-state index in [1.54, 1.807) is 11.1 Å². The molecule has 0 unspecified atom stereocenters. The fraction of sp³-hybridized carbons (Fsp3) is 0.647. The van der Waals surface area contributed by atoms with Crippen LogP contribution in [0.4, 0.5) is 4.79 Å². The first-order valence-electron chi connectivity index (χ1n) is 7.87. The van der Waals surface area contributed by atoms with Gasteiger partial charge in [-0.25, -0.2) is 4.79 Å². The van der Waals surface area contributed by atoms with E-state index in [1.807, 2.05) is 39.8 Å². The van der Waals surface area contributed by atoms with E-state index in [4.69, 9.17) is 9.47 Å². The van der Waals surface area contributed by atoms with E-state index < -0.39 is 5.60 Å². The van der Waals surface area contributed by atoms with Crippen molar-refractivity contribution in [3.63, 3.8) is 0 Å². The number of piperidine rings is 1. The van der Waals surface area contributed by atoms with Crippen LogP contribution in [0.25, 0.3) is 0 Å². The van der Waals surface area contributed by atoms with Gasteiger partial charge in [0.15, 0.2) is 0 Å². The Morgan fingerprint density at radius 2 is 2.18 bits per heavy atom. The lowest BCUT2D eigenvalue weighted by Crippen LogP contribution is -2.44. The monoisotopic (exact) mass is 306 g/mol. The lowest BCUT2D eigenvalue weighted by atomic mass is 9.99. The maximum atomic E-state index is 12.1. The summed E-state index contributed by atoms with van der Waals surface area (Å²) < 4.78 is 11.2. The fourth-order valence-electron chi connectivity index (χ4n) is 2.45. The zero-order chi connectivity index (χ0) is 16.2. The minimum Gasteiger partial charge on any atom is -0.492 e. The van der Waals surface area contributed by atoms with Crippen LogP contribution in [-0.2, 0) is 4.74 Å². The maximum absolute atomic E-state index is 12.1. The van der Waals surface area contributed by atoms with Gasteiger partial charge in [0.05, 0.1) is 12.8 Å². The number of likely N-dealkylation sites (tertiary alicyclic amines) is 1. The Balaban J connectivity index is 1.82. The molecule has 1 aliphatic heterocycles. The van der Waals surface area contributed by atoms with Crippen LogP contribution in [-0.4, -0.2) is 41.3 Å². The molecule has 1 aliphatic rings. The zero-order valence-electron chi connectivity index (χ0n) is 14.0. The summed E-state index contributed by atoms with van der Waals surface area (Å²) in [6.07, 6.45) is 3.57. The van der Waals surface area contributed by atoms with Crippen LogP contribution in [0.3, 0.4) is 0 Å². The van der Waals surface area contributed by atoms with Gasteiger partial charge in [0.25, 0.3) is 0 Å². The predicted octanol–water partition coefficient (Wildman–Crippen LogP) is 3.42. The van der Waals surface area contributed by atoms with Gasteiger partial charge < -0.3 is 14.4 Å². The third kappa shape index (κ3) is 5.20. The van der Waals surface area contributed by atoms with Crippen molar-refractivity contribution in [3.8, 4) is 5.75 Å². The SMILES string of the molecule is Cc1ccc(OC[C@H]2CCCN(C(=O)OC(C)(C)C)C2)cn1. The number of aromatic nitrogens is 1. The van der Waals surface area contributed by atoms with Gasteiger partial charge in [-0.15, -0.1) is 0 Å². The Labute approximate surface area is 132 Å². The first kappa shape index (κ1) is 16.6. The normalized spacial score (nSPS) is 18.9. The summed E-state index contributed by atoms with van der Waals surface area (Å²) in [7, 11) is 0. The Kier molecular flexibility index (Phi) is 5.27. The molecule has 0 spiro atoms. The molecule has 2 heterocycles. The fourth-order valence-corrected chi connectivity index (χ4v) is 2.45.